The number of aromatic hydroxyl groups is 1. The zero-order chi connectivity index (χ0) is 32.1. The number of nitrogen functional groups attached to an aromatic ring is 1. The summed E-state index contributed by atoms with van der Waals surface area (Å²) < 4.78 is 2.04. The van der Waals surface area contributed by atoms with E-state index >= 15 is 0 Å². The Kier molecular flexibility index (Phi) is 6.99. The molecule has 0 aliphatic carbocycles. The fourth-order valence-electron chi connectivity index (χ4n) is 6.88. The first-order valence-corrected chi connectivity index (χ1v) is 15.5. The molecule has 2 bridgehead atoms. The van der Waals surface area contributed by atoms with Crippen LogP contribution in [-0.4, -0.2) is 71.8 Å². The number of amides is 1. The molecule has 2 aliphatic rings. The number of benzene rings is 3. The van der Waals surface area contributed by atoms with Crippen LogP contribution in [0.5, 0.6) is 5.75 Å². The highest BCUT2D eigenvalue weighted by atomic mass is 16.3. The standard InChI is InChI=1S/C37H31N7O3/c38-34-30(7-4-16-39-34)35-41-32-14-13-31(24-5-2-1-3-6-24)40-36(32)44(35)27-11-8-23(9-12-27)19-42-20-29-18-28(42)21-43(29)37(47)25-10-15-33(46)26(17-25)22-45/h1-17,22,28-29,46H,18-21H2,(H2,38,39)/t28-,29-/m0/s1. The Morgan fingerprint density at radius 1 is 0.915 bits per heavy atom. The van der Waals surface area contributed by atoms with Gasteiger partial charge in [0.25, 0.3) is 5.91 Å². The van der Waals surface area contributed by atoms with E-state index in [9.17, 15) is 14.7 Å². The summed E-state index contributed by atoms with van der Waals surface area (Å²) in [4.78, 5) is 43.2. The van der Waals surface area contributed by atoms with E-state index in [1.807, 2.05) is 64.1 Å². The van der Waals surface area contributed by atoms with Crippen LogP contribution in [0.4, 0.5) is 5.82 Å². The van der Waals surface area contributed by atoms with Crippen LogP contribution >= 0.6 is 0 Å². The van der Waals surface area contributed by atoms with Crippen LogP contribution in [-0.2, 0) is 6.54 Å². The maximum absolute atomic E-state index is 13.3. The third-order valence-electron chi connectivity index (χ3n) is 9.25. The molecule has 0 saturated carbocycles. The Labute approximate surface area is 270 Å². The van der Waals surface area contributed by atoms with E-state index in [1.54, 1.807) is 12.3 Å². The highest BCUT2D eigenvalue weighted by molar-refractivity contribution is 5.97. The van der Waals surface area contributed by atoms with Gasteiger partial charge in [-0.1, -0.05) is 42.5 Å². The Bertz CT molecular complexity index is 2150. The molecule has 232 valence electrons. The number of likely N-dealkylation sites (tertiary alicyclic amines) is 2. The molecule has 0 spiro atoms. The van der Waals surface area contributed by atoms with Crippen molar-refractivity contribution < 1.29 is 14.7 Å². The average molecular weight is 622 g/mol. The summed E-state index contributed by atoms with van der Waals surface area (Å²) in [5.74, 6) is 0.844. The Balaban J connectivity index is 1.05. The number of hydrogen-bond donors (Lipinski definition) is 2. The van der Waals surface area contributed by atoms with Crippen molar-refractivity contribution in [2.75, 3.05) is 18.8 Å². The van der Waals surface area contributed by atoms with Gasteiger partial charge in [-0.15, -0.1) is 0 Å². The molecule has 2 fully saturated rings. The van der Waals surface area contributed by atoms with E-state index in [2.05, 4.69) is 34.1 Å². The molecule has 2 saturated heterocycles. The summed E-state index contributed by atoms with van der Waals surface area (Å²) in [6, 6.07) is 31.1. The SMILES string of the molecule is Nc1ncccc1-c1nc2ccc(-c3ccccc3)nc2n1-c1ccc(CN2C[C@@H]3C[C@H]2CN3C(=O)c2ccc(O)c(C=O)c2)cc1. The molecule has 0 radical (unpaired) electrons. The summed E-state index contributed by atoms with van der Waals surface area (Å²) in [5, 5.41) is 9.83. The number of nitrogens with two attached hydrogens (primary N) is 1. The predicted molar refractivity (Wildman–Crippen MR) is 179 cm³/mol. The maximum Gasteiger partial charge on any atom is 0.254 e. The first-order chi connectivity index (χ1) is 23.0. The predicted octanol–water partition coefficient (Wildman–Crippen LogP) is 5.35. The van der Waals surface area contributed by atoms with Crippen LogP contribution < -0.4 is 5.73 Å². The monoisotopic (exact) mass is 621 g/mol. The number of aromatic nitrogens is 4. The number of imidazole rings is 1. The molecular weight excluding hydrogens is 590 g/mol. The molecule has 2 atom stereocenters. The first kappa shape index (κ1) is 28.6. The van der Waals surface area contributed by atoms with Crippen molar-refractivity contribution in [3.8, 4) is 34.1 Å². The normalized spacial score (nSPS) is 17.4. The zero-order valence-electron chi connectivity index (χ0n) is 25.4. The Hall–Kier alpha value is -5.87. The van der Waals surface area contributed by atoms with Gasteiger partial charge in [0, 0.05) is 54.7 Å². The number of aldehydes is 1. The van der Waals surface area contributed by atoms with Crippen molar-refractivity contribution in [1.29, 1.82) is 0 Å². The molecule has 0 unspecified atom stereocenters. The van der Waals surface area contributed by atoms with Gasteiger partial charge < -0.3 is 15.7 Å². The quantitative estimate of drug-likeness (QED) is 0.228. The number of hydrogen-bond acceptors (Lipinski definition) is 8. The average Bonchev–Trinajstić information content (AvgIpc) is 3.82. The summed E-state index contributed by atoms with van der Waals surface area (Å²) in [5.41, 5.74) is 13.0. The third kappa shape index (κ3) is 5.08. The number of pyridine rings is 2. The van der Waals surface area contributed by atoms with E-state index in [0.717, 1.165) is 58.7 Å². The molecule has 47 heavy (non-hydrogen) atoms. The van der Waals surface area contributed by atoms with Crippen LogP contribution in [0.1, 0.15) is 32.7 Å². The van der Waals surface area contributed by atoms with Crippen molar-refractivity contribution in [2.45, 2.75) is 25.0 Å². The van der Waals surface area contributed by atoms with Gasteiger partial charge in [0.15, 0.2) is 17.8 Å². The third-order valence-corrected chi connectivity index (χ3v) is 9.25. The van der Waals surface area contributed by atoms with Crippen LogP contribution in [0.15, 0.2) is 103 Å². The summed E-state index contributed by atoms with van der Waals surface area (Å²) >= 11 is 0. The second-order valence-corrected chi connectivity index (χ2v) is 12.1. The largest absolute Gasteiger partial charge is 0.507 e. The highest BCUT2D eigenvalue weighted by Gasteiger charge is 2.45. The minimum absolute atomic E-state index is 0.105. The van der Waals surface area contributed by atoms with Gasteiger partial charge >= 0.3 is 0 Å². The number of anilines is 1. The van der Waals surface area contributed by atoms with Crippen molar-refractivity contribution in [3.05, 3.63) is 120 Å². The maximum atomic E-state index is 13.3. The zero-order valence-corrected chi connectivity index (χ0v) is 25.4. The van der Waals surface area contributed by atoms with Crippen molar-refractivity contribution >= 4 is 29.2 Å². The fraction of sp³-hybridized carbons (Fsp3) is 0.162. The second-order valence-electron chi connectivity index (χ2n) is 12.1. The van der Waals surface area contributed by atoms with Crippen LogP contribution in [0, 0.1) is 0 Å². The Morgan fingerprint density at radius 3 is 2.49 bits per heavy atom. The smallest absolute Gasteiger partial charge is 0.254 e. The number of rotatable bonds is 7. The number of piperazine rings is 1. The second kappa shape index (κ2) is 11.5. The van der Waals surface area contributed by atoms with E-state index < -0.39 is 0 Å². The summed E-state index contributed by atoms with van der Waals surface area (Å²) in [6.45, 7) is 2.17. The van der Waals surface area contributed by atoms with E-state index in [1.165, 1.54) is 12.1 Å². The lowest BCUT2D eigenvalue weighted by molar-refractivity contribution is 0.0616. The minimum atomic E-state index is -0.122. The molecular formula is C37H31N7O3. The summed E-state index contributed by atoms with van der Waals surface area (Å²) in [7, 11) is 0. The van der Waals surface area contributed by atoms with Crippen molar-refractivity contribution in [2.24, 2.45) is 0 Å². The molecule has 5 heterocycles. The molecule has 10 heteroatoms. The van der Waals surface area contributed by atoms with Gasteiger partial charge in [-0.3, -0.25) is 19.1 Å². The van der Waals surface area contributed by atoms with E-state index in [-0.39, 0.29) is 29.3 Å². The van der Waals surface area contributed by atoms with Gasteiger partial charge in [0.05, 0.1) is 16.8 Å². The fourth-order valence-corrected chi connectivity index (χ4v) is 6.88. The molecule has 1 amide bonds. The van der Waals surface area contributed by atoms with Gasteiger partial charge in [0.2, 0.25) is 0 Å². The lowest BCUT2D eigenvalue weighted by Gasteiger charge is -2.34. The van der Waals surface area contributed by atoms with Gasteiger partial charge in [-0.05, 0) is 66.6 Å². The molecule has 2 aliphatic heterocycles. The number of fused-ring (bicyclic) bond motifs is 3. The number of phenols is 1. The van der Waals surface area contributed by atoms with E-state index in [0.29, 0.717) is 30.0 Å². The number of carbonyl (C=O) groups excluding carboxylic acids is 2. The molecule has 10 nitrogen and oxygen atoms in total. The van der Waals surface area contributed by atoms with Crippen LogP contribution in [0.2, 0.25) is 0 Å². The lowest BCUT2D eigenvalue weighted by atomic mass is 10.1. The van der Waals surface area contributed by atoms with Gasteiger partial charge in [0.1, 0.15) is 17.1 Å². The topological polar surface area (TPSA) is 130 Å². The van der Waals surface area contributed by atoms with Gasteiger partial charge in [-0.25, -0.2) is 15.0 Å². The molecule has 6 aromatic rings. The van der Waals surface area contributed by atoms with Crippen molar-refractivity contribution in [3.63, 3.8) is 0 Å². The number of phenolic OH excluding ortho intramolecular Hbond substituents is 1. The first-order valence-electron chi connectivity index (χ1n) is 15.5. The number of nitrogens with zero attached hydrogens (tertiary/aromatic N) is 6. The number of carbonyl (C=O) groups is 2. The van der Waals surface area contributed by atoms with Crippen LogP contribution in [0.3, 0.4) is 0 Å². The molecule has 3 aromatic heterocycles. The Morgan fingerprint density at radius 2 is 1.74 bits per heavy atom. The minimum Gasteiger partial charge on any atom is -0.507 e. The van der Waals surface area contributed by atoms with Crippen LogP contribution in [0.25, 0.3) is 39.5 Å². The van der Waals surface area contributed by atoms with E-state index in [4.69, 9.17) is 15.7 Å². The molecule has 3 N–H and O–H groups in total. The summed E-state index contributed by atoms with van der Waals surface area (Å²) in [6.07, 6.45) is 3.15. The lowest BCUT2D eigenvalue weighted by Crippen LogP contribution is -2.48. The highest BCUT2D eigenvalue weighted by Crippen LogP contribution is 2.35. The van der Waals surface area contributed by atoms with Gasteiger partial charge in [-0.2, -0.15) is 0 Å². The molecule has 8 rings (SSSR count). The van der Waals surface area contributed by atoms with Crippen molar-refractivity contribution in [1.82, 2.24) is 29.3 Å². The molecule has 3 aromatic carbocycles.